The molecule has 2 heteroatoms. The van der Waals surface area contributed by atoms with Crippen molar-refractivity contribution in [1.29, 1.82) is 0 Å². The summed E-state index contributed by atoms with van der Waals surface area (Å²) in [6, 6.07) is 17.5. The van der Waals surface area contributed by atoms with Gasteiger partial charge in [0.1, 0.15) is 0 Å². The van der Waals surface area contributed by atoms with Gasteiger partial charge < -0.3 is 0 Å². The molecule has 0 saturated heterocycles. The summed E-state index contributed by atoms with van der Waals surface area (Å²) in [6.45, 7) is -0.240. The first kappa shape index (κ1) is 17.4. The second-order valence-electron chi connectivity index (χ2n) is 6.65. The van der Waals surface area contributed by atoms with Crippen LogP contribution in [0.15, 0.2) is 65.2 Å². The Bertz CT molecular complexity index is 649. The van der Waals surface area contributed by atoms with Gasteiger partial charge in [0.15, 0.2) is 0 Å². The van der Waals surface area contributed by atoms with E-state index in [4.69, 9.17) is 0 Å². The largest absolute Gasteiger partial charge is 0.251 e. The fourth-order valence-corrected chi connectivity index (χ4v) is 3.85. The van der Waals surface area contributed by atoms with Crippen molar-refractivity contribution >= 4 is 15.9 Å². The zero-order valence-corrected chi connectivity index (χ0v) is 15.5. The van der Waals surface area contributed by atoms with Crippen LogP contribution in [0.2, 0.25) is 0 Å². The van der Waals surface area contributed by atoms with Gasteiger partial charge >= 0.3 is 0 Å². The minimum atomic E-state index is -0.240. The standard InChI is InChI=1S/C22H24BrF/c23-22-14-12-21(13-15-22)20-10-8-19(9-11-20)18-6-4-17(5-7-18)3-1-2-16-24/h1,3,8-15,17-18H,2,4-7,16H2/b3-1+/t17-,18-. The van der Waals surface area contributed by atoms with Gasteiger partial charge in [0, 0.05) is 4.47 Å². The average molecular weight is 387 g/mol. The Labute approximate surface area is 152 Å². The van der Waals surface area contributed by atoms with Crippen molar-refractivity contribution in [2.75, 3.05) is 6.67 Å². The van der Waals surface area contributed by atoms with Crippen LogP contribution < -0.4 is 0 Å². The molecule has 0 unspecified atom stereocenters. The van der Waals surface area contributed by atoms with Crippen molar-refractivity contribution in [2.45, 2.75) is 38.0 Å². The molecule has 0 N–H and O–H groups in total. The van der Waals surface area contributed by atoms with Crippen LogP contribution in [0.4, 0.5) is 4.39 Å². The van der Waals surface area contributed by atoms with Crippen LogP contribution in [0, 0.1) is 5.92 Å². The molecule has 0 atom stereocenters. The maximum Gasteiger partial charge on any atom is 0.0928 e. The third-order valence-corrected chi connectivity index (χ3v) is 5.54. The van der Waals surface area contributed by atoms with Gasteiger partial charge in [-0.1, -0.05) is 64.5 Å². The molecule has 126 valence electrons. The van der Waals surface area contributed by atoms with Gasteiger partial charge in [0.2, 0.25) is 0 Å². The van der Waals surface area contributed by atoms with Crippen molar-refractivity contribution in [3.8, 4) is 11.1 Å². The average Bonchev–Trinajstić information content (AvgIpc) is 2.63. The van der Waals surface area contributed by atoms with Gasteiger partial charge in [0.25, 0.3) is 0 Å². The lowest BCUT2D eigenvalue weighted by molar-refractivity contribution is 0.375. The quantitative estimate of drug-likeness (QED) is 0.472. The van der Waals surface area contributed by atoms with E-state index in [1.807, 2.05) is 6.08 Å². The zero-order valence-electron chi connectivity index (χ0n) is 13.9. The van der Waals surface area contributed by atoms with E-state index in [2.05, 4.69) is 70.5 Å². The number of alkyl halides is 1. The summed E-state index contributed by atoms with van der Waals surface area (Å²) in [5, 5.41) is 0. The third-order valence-electron chi connectivity index (χ3n) is 5.02. The van der Waals surface area contributed by atoms with E-state index in [1.165, 1.54) is 42.4 Å². The molecule has 2 aromatic carbocycles. The maximum atomic E-state index is 12.2. The van der Waals surface area contributed by atoms with Crippen LogP contribution >= 0.6 is 15.9 Å². The minimum absolute atomic E-state index is 0.240. The van der Waals surface area contributed by atoms with Crippen LogP contribution in [0.25, 0.3) is 11.1 Å². The lowest BCUT2D eigenvalue weighted by atomic mass is 9.78. The Kier molecular flexibility index (Phi) is 6.25. The highest BCUT2D eigenvalue weighted by Gasteiger charge is 2.20. The molecule has 0 spiro atoms. The highest BCUT2D eigenvalue weighted by molar-refractivity contribution is 9.10. The molecule has 2 aromatic rings. The van der Waals surface area contributed by atoms with Crippen molar-refractivity contribution in [3.05, 3.63) is 70.7 Å². The highest BCUT2D eigenvalue weighted by Crippen LogP contribution is 2.37. The molecule has 24 heavy (non-hydrogen) atoms. The summed E-state index contributed by atoms with van der Waals surface area (Å²) in [5.74, 6) is 1.32. The second-order valence-corrected chi connectivity index (χ2v) is 7.56. The Morgan fingerprint density at radius 1 is 0.875 bits per heavy atom. The van der Waals surface area contributed by atoms with E-state index in [1.54, 1.807) is 0 Å². The molecule has 0 aliphatic heterocycles. The monoisotopic (exact) mass is 386 g/mol. The molecule has 0 heterocycles. The molecule has 1 aliphatic rings. The molecule has 1 aliphatic carbocycles. The predicted molar refractivity (Wildman–Crippen MR) is 104 cm³/mol. The first-order valence-corrected chi connectivity index (χ1v) is 9.64. The molecule has 1 saturated carbocycles. The van der Waals surface area contributed by atoms with E-state index < -0.39 is 0 Å². The Balaban J connectivity index is 1.59. The van der Waals surface area contributed by atoms with E-state index in [9.17, 15) is 4.39 Å². The second kappa shape index (κ2) is 8.62. The van der Waals surface area contributed by atoms with Crippen LogP contribution in [0.5, 0.6) is 0 Å². The molecule has 0 aromatic heterocycles. The highest BCUT2D eigenvalue weighted by atomic mass is 79.9. The number of halogens is 2. The summed E-state index contributed by atoms with van der Waals surface area (Å²) in [5.41, 5.74) is 3.99. The first-order chi connectivity index (χ1) is 11.8. The predicted octanol–water partition coefficient (Wildman–Crippen LogP) is 7.31. The van der Waals surface area contributed by atoms with Crippen molar-refractivity contribution < 1.29 is 4.39 Å². The molecule has 3 rings (SSSR count). The van der Waals surface area contributed by atoms with E-state index in [-0.39, 0.29) is 6.67 Å². The summed E-state index contributed by atoms with van der Waals surface area (Å²) in [6.07, 6.45) is 9.73. The molecular formula is C22H24BrF. The summed E-state index contributed by atoms with van der Waals surface area (Å²) < 4.78 is 13.3. The van der Waals surface area contributed by atoms with Gasteiger partial charge in [0.05, 0.1) is 6.67 Å². The SMILES string of the molecule is FCC/C=C/[C@H]1CC[C@H](c2ccc(-c3ccc(Br)cc3)cc2)CC1. The first-order valence-electron chi connectivity index (χ1n) is 8.85. The fraction of sp³-hybridized carbons (Fsp3) is 0.364. The zero-order chi connectivity index (χ0) is 16.8. The number of hydrogen-bond acceptors (Lipinski definition) is 0. The van der Waals surface area contributed by atoms with Crippen molar-refractivity contribution in [3.63, 3.8) is 0 Å². The number of rotatable bonds is 5. The van der Waals surface area contributed by atoms with Crippen LogP contribution in [-0.4, -0.2) is 6.67 Å². The fourth-order valence-electron chi connectivity index (χ4n) is 3.59. The minimum Gasteiger partial charge on any atom is -0.251 e. The van der Waals surface area contributed by atoms with Gasteiger partial charge in [-0.25, -0.2) is 0 Å². The molecule has 0 radical (unpaired) electrons. The number of benzene rings is 2. The van der Waals surface area contributed by atoms with Gasteiger partial charge in [-0.3, -0.25) is 4.39 Å². The number of allylic oxidation sites excluding steroid dienone is 2. The molecule has 0 amide bonds. The van der Waals surface area contributed by atoms with Crippen LogP contribution in [0.3, 0.4) is 0 Å². The van der Waals surface area contributed by atoms with Crippen LogP contribution in [0.1, 0.15) is 43.6 Å². The Hall–Kier alpha value is -1.41. The van der Waals surface area contributed by atoms with E-state index in [0.29, 0.717) is 18.3 Å². The summed E-state index contributed by atoms with van der Waals surface area (Å²) in [7, 11) is 0. The number of hydrogen-bond donors (Lipinski definition) is 0. The van der Waals surface area contributed by atoms with E-state index >= 15 is 0 Å². The molecular weight excluding hydrogens is 363 g/mol. The summed E-state index contributed by atoms with van der Waals surface area (Å²) in [4.78, 5) is 0. The third kappa shape index (κ3) is 4.57. The van der Waals surface area contributed by atoms with Crippen molar-refractivity contribution in [2.24, 2.45) is 5.92 Å². The Morgan fingerprint density at radius 3 is 2.04 bits per heavy atom. The maximum absolute atomic E-state index is 12.2. The Morgan fingerprint density at radius 2 is 1.46 bits per heavy atom. The van der Waals surface area contributed by atoms with Gasteiger partial charge in [-0.05, 0) is 72.8 Å². The smallest absolute Gasteiger partial charge is 0.0928 e. The van der Waals surface area contributed by atoms with Crippen molar-refractivity contribution in [1.82, 2.24) is 0 Å². The molecule has 0 bridgehead atoms. The van der Waals surface area contributed by atoms with Crippen LogP contribution in [-0.2, 0) is 0 Å². The molecule has 0 nitrogen and oxygen atoms in total. The normalized spacial score (nSPS) is 21.2. The van der Waals surface area contributed by atoms with Gasteiger partial charge in [-0.2, -0.15) is 0 Å². The topological polar surface area (TPSA) is 0 Å². The van der Waals surface area contributed by atoms with E-state index in [0.717, 1.165) is 4.47 Å². The summed E-state index contributed by atoms with van der Waals surface area (Å²) >= 11 is 3.48. The lowest BCUT2D eigenvalue weighted by Crippen LogP contribution is -2.11. The lowest BCUT2D eigenvalue weighted by Gasteiger charge is -2.27. The molecule has 1 fully saturated rings. The van der Waals surface area contributed by atoms with Gasteiger partial charge in [-0.15, -0.1) is 0 Å².